The Morgan fingerprint density at radius 3 is 2.83 bits per heavy atom. The fourth-order valence-corrected chi connectivity index (χ4v) is 3.25. The highest BCUT2D eigenvalue weighted by atomic mass is 16.4. The molecule has 4 unspecified atom stereocenters. The maximum absolute atomic E-state index is 11.3. The van der Waals surface area contributed by atoms with Gasteiger partial charge in [0, 0.05) is 18.0 Å². The molecule has 0 bridgehead atoms. The lowest BCUT2D eigenvalue weighted by atomic mass is 9.79. The maximum atomic E-state index is 11.3. The van der Waals surface area contributed by atoms with Gasteiger partial charge < -0.3 is 20.5 Å². The molecule has 0 amide bonds. The number of rotatable bonds is 5. The van der Waals surface area contributed by atoms with Gasteiger partial charge in [-0.3, -0.25) is 10.1 Å². The molecule has 0 spiro atoms. The summed E-state index contributed by atoms with van der Waals surface area (Å²) in [6.45, 7) is 0.939. The van der Waals surface area contributed by atoms with Gasteiger partial charge in [-0.1, -0.05) is 6.42 Å². The van der Waals surface area contributed by atoms with Crippen molar-refractivity contribution in [1.82, 2.24) is 10.6 Å². The number of fused-ring (bicyclic) bond motifs is 1. The number of carbonyl (C=O) groups is 1. The molecule has 2 heterocycles. The SMILES string of the molecule is O=C(O)C1NC2CCCNC2C1CCCB(O)O. The highest BCUT2D eigenvalue weighted by Crippen LogP contribution is 2.30. The Bertz CT molecular complexity index is 303. The van der Waals surface area contributed by atoms with Crippen LogP contribution in [0.1, 0.15) is 25.7 Å². The van der Waals surface area contributed by atoms with Gasteiger partial charge >= 0.3 is 13.1 Å². The molecule has 0 aliphatic carbocycles. The first-order valence-corrected chi connectivity index (χ1v) is 6.68. The molecular formula is C11H21BN2O4. The second-order valence-corrected chi connectivity index (χ2v) is 5.29. The topological polar surface area (TPSA) is 102 Å². The van der Waals surface area contributed by atoms with Crippen molar-refractivity contribution in [3.05, 3.63) is 0 Å². The molecule has 0 aromatic rings. The predicted molar refractivity (Wildman–Crippen MR) is 67.1 cm³/mol. The van der Waals surface area contributed by atoms with Gasteiger partial charge in [0.25, 0.3) is 0 Å². The molecule has 0 saturated carbocycles. The van der Waals surface area contributed by atoms with Crippen molar-refractivity contribution in [3.8, 4) is 0 Å². The molecule has 4 atom stereocenters. The van der Waals surface area contributed by atoms with Crippen molar-refractivity contribution < 1.29 is 19.9 Å². The van der Waals surface area contributed by atoms with E-state index >= 15 is 0 Å². The van der Waals surface area contributed by atoms with Gasteiger partial charge in [-0.05, 0) is 32.1 Å². The summed E-state index contributed by atoms with van der Waals surface area (Å²) in [5.41, 5.74) is 0. The quantitative estimate of drug-likeness (QED) is 0.406. The number of hydrogen-bond acceptors (Lipinski definition) is 5. The molecule has 0 aromatic heterocycles. The van der Waals surface area contributed by atoms with Gasteiger partial charge in [0.05, 0.1) is 0 Å². The van der Waals surface area contributed by atoms with E-state index < -0.39 is 19.1 Å². The predicted octanol–water partition coefficient (Wildman–Crippen LogP) is -0.967. The molecule has 6 nitrogen and oxygen atoms in total. The number of nitrogens with one attached hydrogen (secondary N) is 2. The minimum atomic E-state index is -1.29. The highest BCUT2D eigenvalue weighted by molar-refractivity contribution is 6.40. The van der Waals surface area contributed by atoms with Crippen LogP contribution < -0.4 is 10.6 Å². The lowest BCUT2D eigenvalue weighted by Gasteiger charge is -2.30. The molecule has 18 heavy (non-hydrogen) atoms. The van der Waals surface area contributed by atoms with E-state index in [1.54, 1.807) is 0 Å². The number of carboxylic acids is 1. The number of aliphatic carboxylic acids is 1. The van der Waals surface area contributed by atoms with Crippen LogP contribution in [0.2, 0.25) is 6.32 Å². The molecule has 2 fully saturated rings. The number of carboxylic acid groups (broad SMARTS) is 1. The van der Waals surface area contributed by atoms with E-state index in [1.807, 2.05) is 0 Å². The van der Waals surface area contributed by atoms with Crippen molar-refractivity contribution in [2.45, 2.75) is 50.1 Å². The minimum absolute atomic E-state index is 0.0338. The first kappa shape index (κ1) is 13.8. The van der Waals surface area contributed by atoms with E-state index in [0.29, 0.717) is 19.2 Å². The van der Waals surface area contributed by atoms with Gasteiger partial charge in [-0.2, -0.15) is 0 Å². The van der Waals surface area contributed by atoms with E-state index in [0.717, 1.165) is 19.4 Å². The third kappa shape index (κ3) is 3.03. The summed E-state index contributed by atoms with van der Waals surface area (Å²) in [7, 11) is -1.29. The summed E-state index contributed by atoms with van der Waals surface area (Å²) < 4.78 is 0. The third-order valence-corrected chi connectivity index (χ3v) is 4.05. The summed E-state index contributed by atoms with van der Waals surface area (Å²) in [4.78, 5) is 11.3. The Labute approximate surface area is 107 Å². The maximum Gasteiger partial charge on any atom is 0.451 e. The second kappa shape index (κ2) is 6.01. The van der Waals surface area contributed by atoms with Crippen LogP contribution in [-0.2, 0) is 4.79 Å². The van der Waals surface area contributed by atoms with Crippen LogP contribution in [0, 0.1) is 5.92 Å². The zero-order chi connectivity index (χ0) is 13.1. The molecule has 5 N–H and O–H groups in total. The van der Waals surface area contributed by atoms with Crippen LogP contribution in [0.15, 0.2) is 0 Å². The zero-order valence-electron chi connectivity index (χ0n) is 10.4. The smallest absolute Gasteiger partial charge is 0.451 e. The average molecular weight is 256 g/mol. The van der Waals surface area contributed by atoms with Crippen molar-refractivity contribution in [2.24, 2.45) is 5.92 Å². The molecule has 2 rings (SSSR count). The molecule has 2 aliphatic heterocycles. The van der Waals surface area contributed by atoms with E-state index in [9.17, 15) is 9.90 Å². The standard InChI is InChI=1S/C11H21BN2O4/c15-11(16)10-7(3-1-5-12(17)18)9-8(14-10)4-2-6-13-9/h7-10,13-14,17-18H,1-6H2,(H,15,16). The number of piperidine rings is 1. The summed E-state index contributed by atoms with van der Waals surface area (Å²) in [5, 5.41) is 33.5. The Kier molecular flexibility index (Phi) is 4.61. The molecular weight excluding hydrogens is 235 g/mol. The van der Waals surface area contributed by atoms with Crippen LogP contribution >= 0.6 is 0 Å². The summed E-state index contributed by atoms with van der Waals surface area (Å²) in [6.07, 6.45) is 3.73. The van der Waals surface area contributed by atoms with Gasteiger partial charge in [0.2, 0.25) is 0 Å². The molecule has 102 valence electrons. The fourth-order valence-electron chi connectivity index (χ4n) is 3.25. The minimum Gasteiger partial charge on any atom is -0.480 e. The Balaban J connectivity index is 1.95. The molecule has 0 radical (unpaired) electrons. The third-order valence-electron chi connectivity index (χ3n) is 4.05. The Morgan fingerprint density at radius 2 is 2.17 bits per heavy atom. The van der Waals surface area contributed by atoms with Crippen LogP contribution in [0.5, 0.6) is 0 Å². The monoisotopic (exact) mass is 256 g/mol. The van der Waals surface area contributed by atoms with Gasteiger partial charge in [0.1, 0.15) is 6.04 Å². The molecule has 2 saturated heterocycles. The van der Waals surface area contributed by atoms with Crippen LogP contribution in [-0.4, -0.2) is 52.9 Å². The zero-order valence-corrected chi connectivity index (χ0v) is 10.4. The van der Waals surface area contributed by atoms with Crippen LogP contribution in [0.25, 0.3) is 0 Å². The van der Waals surface area contributed by atoms with Crippen LogP contribution in [0.4, 0.5) is 0 Å². The van der Waals surface area contributed by atoms with Crippen LogP contribution in [0.3, 0.4) is 0 Å². The number of hydrogen-bond donors (Lipinski definition) is 5. The Hall–Kier alpha value is -0.625. The van der Waals surface area contributed by atoms with Gasteiger partial charge in [-0.15, -0.1) is 0 Å². The Morgan fingerprint density at radius 1 is 1.39 bits per heavy atom. The average Bonchev–Trinajstić information content (AvgIpc) is 2.68. The van der Waals surface area contributed by atoms with Crippen molar-refractivity contribution >= 4 is 13.1 Å². The van der Waals surface area contributed by atoms with Gasteiger partial charge in [0.15, 0.2) is 0 Å². The fraction of sp³-hybridized carbons (Fsp3) is 0.909. The normalized spacial score (nSPS) is 35.2. The van der Waals surface area contributed by atoms with Crippen molar-refractivity contribution in [3.63, 3.8) is 0 Å². The van der Waals surface area contributed by atoms with E-state index in [4.69, 9.17) is 10.0 Å². The van der Waals surface area contributed by atoms with Crippen molar-refractivity contribution in [2.75, 3.05) is 6.54 Å². The second-order valence-electron chi connectivity index (χ2n) is 5.29. The van der Waals surface area contributed by atoms with E-state index in [1.165, 1.54) is 0 Å². The summed E-state index contributed by atoms with van der Waals surface area (Å²) >= 11 is 0. The first-order valence-electron chi connectivity index (χ1n) is 6.68. The van der Waals surface area contributed by atoms with Crippen molar-refractivity contribution in [1.29, 1.82) is 0 Å². The lowest BCUT2D eigenvalue weighted by molar-refractivity contribution is -0.140. The molecule has 2 aliphatic rings. The summed E-state index contributed by atoms with van der Waals surface area (Å²) in [6, 6.07) is -0.0685. The first-order chi connectivity index (χ1) is 8.59. The summed E-state index contributed by atoms with van der Waals surface area (Å²) in [5.74, 6) is -0.771. The van der Waals surface area contributed by atoms with Gasteiger partial charge in [-0.25, -0.2) is 0 Å². The van der Waals surface area contributed by atoms with E-state index in [2.05, 4.69) is 10.6 Å². The van der Waals surface area contributed by atoms with E-state index in [-0.39, 0.29) is 18.0 Å². The largest absolute Gasteiger partial charge is 0.480 e. The lowest BCUT2D eigenvalue weighted by Crippen LogP contribution is -2.47. The molecule has 7 heteroatoms. The molecule has 0 aromatic carbocycles. The highest BCUT2D eigenvalue weighted by Gasteiger charge is 2.46.